The molecule has 0 spiro atoms. The van der Waals surface area contributed by atoms with Gasteiger partial charge in [0.2, 0.25) is 5.88 Å². The number of hydrogen-bond donors (Lipinski definition) is 1. The van der Waals surface area contributed by atoms with Gasteiger partial charge in [-0.15, -0.1) is 0 Å². The number of nitrogens with zero attached hydrogens (tertiary/aromatic N) is 3. The molecular formula is C19H22N4O3. The molecule has 0 saturated heterocycles. The van der Waals surface area contributed by atoms with Crippen LogP contribution < -0.4 is 10.1 Å². The number of esters is 1. The summed E-state index contributed by atoms with van der Waals surface area (Å²) in [5, 5.41) is 4.27. The molecule has 0 radical (unpaired) electrons. The number of benzene rings is 1. The molecule has 0 aliphatic rings. The third kappa shape index (κ3) is 3.93. The van der Waals surface area contributed by atoms with Gasteiger partial charge in [-0.25, -0.2) is 14.8 Å². The lowest BCUT2D eigenvalue weighted by Gasteiger charge is -2.09. The number of rotatable bonds is 8. The zero-order valence-electron chi connectivity index (χ0n) is 14.9. The number of carbonyl (C=O) groups excluding carboxylic acids is 1. The Morgan fingerprint density at radius 3 is 2.73 bits per heavy atom. The van der Waals surface area contributed by atoms with Crippen LogP contribution in [0.25, 0.3) is 11.0 Å². The van der Waals surface area contributed by atoms with Crippen molar-refractivity contribution in [1.82, 2.24) is 14.5 Å². The molecule has 0 bridgehead atoms. The Bertz CT molecular complexity index is 874. The van der Waals surface area contributed by atoms with Crippen LogP contribution in [-0.2, 0) is 11.3 Å². The summed E-state index contributed by atoms with van der Waals surface area (Å²) >= 11 is 0. The summed E-state index contributed by atoms with van der Waals surface area (Å²) in [6, 6.07) is 9.27. The quantitative estimate of drug-likeness (QED) is 0.495. The zero-order chi connectivity index (χ0) is 18.4. The second kappa shape index (κ2) is 8.33. The van der Waals surface area contributed by atoms with Crippen molar-refractivity contribution in [3.8, 4) is 5.88 Å². The molecule has 1 N–H and O–H groups in total. The Labute approximate surface area is 152 Å². The van der Waals surface area contributed by atoms with Gasteiger partial charge >= 0.3 is 5.97 Å². The van der Waals surface area contributed by atoms with E-state index in [1.807, 2.05) is 24.4 Å². The lowest BCUT2D eigenvalue weighted by molar-refractivity contribution is 0.0526. The number of ether oxygens (including phenoxy) is 2. The molecule has 2 heterocycles. The highest BCUT2D eigenvalue weighted by Gasteiger charge is 2.08. The van der Waals surface area contributed by atoms with E-state index in [-0.39, 0.29) is 5.97 Å². The molecule has 7 nitrogen and oxygen atoms in total. The summed E-state index contributed by atoms with van der Waals surface area (Å²) in [5.41, 5.74) is 2.40. The topological polar surface area (TPSA) is 78.3 Å². The number of carbonyl (C=O) groups is 1. The van der Waals surface area contributed by atoms with Crippen molar-refractivity contribution >= 4 is 22.7 Å². The van der Waals surface area contributed by atoms with Crippen LogP contribution in [-0.4, -0.2) is 40.8 Å². The number of nitrogens with one attached hydrogen (secondary N) is 1. The van der Waals surface area contributed by atoms with Gasteiger partial charge < -0.3 is 19.4 Å². The molecule has 0 aliphatic heterocycles. The fourth-order valence-electron chi connectivity index (χ4n) is 2.74. The van der Waals surface area contributed by atoms with Gasteiger partial charge in [-0.05, 0) is 43.7 Å². The van der Waals surface area contributed by atoms with Crippen LogP contribution >= 0.6 is 0 Å². The molecule has 1 aromatic carbocycles. The minimum Gasteiger partial charge on any atom is -0.480 e. The maximum absolute atomic E-state index is 11.6. The molecule has 26 heavy (non-hydrogen) atoms. The number of anilines is 1. The fraction of sp³-hybridized carbons (Fsp3) is 0.316. The van der Waals surface area contributed by atoms with Crippen LogP contribution in [0.1, 0.15) is 23.7 Å². The number of fused-ring (bicyclic) bond motifs is 1. The van der Waals surface area contributed by atoms with E-state index in [0.29, 0.717) is 18.1 Å². The summed E-state index contributed by atoms with van der Waals surface area (Å²) in [6.07, 6.45) is 4.44. The monoisotopic (exact) mass is 354 g/mol. The Balaban J connectivity index is 1.52. The van der Waals surface area contributed by atoms with E-state index < -0.39 is 0 Å². The van der Waals surface area contributed by atoms with E-state index in [1.54, 1.807) is 26.2 Å². The van der Waals surface area contributed by atoms with Gasteiger partial charge in [0, 0.05) is 25.0 Å². The maximum atomic E-state index is 11.6. The SMILES string of the molecule is CCOC(=O)c1ccc(NCCCn2ccc3c(OC)ncnc32)cc1. The third-order valence-corrected chi connectivity index (χ3v) is 4.01. The molecule has 7 heteroatoms. The molecule has 3 rings (SSSR count). The van der Waals surface area contributed by atoms with E-state index in [4.69, 9.17) is 9.47 Å². The van der Waals surface area contributed by atoms with Crippen LogP contribution in [0, 0.1) is 0 Å². The zero-order valence-corrected chi connectivity index (χ0v) is 14.9. The predicted molar refractivity (Wildman–Crippen MR) is 99.6 cm³/mol. The average Bonchev–Trinajstić information content (AvgIpc) is 3.09. The minimum atomic E-state index is -0.295. The lowest BCUT2D eigenvalue weighted by Crippen LogP contribution is -2.07. The highest BCUT2D eigenvalue weighted by Crippen LogP contribution is 2.22. The van der Waals surface area contributed by atoms with Crippen molar-refractivity contribution in [3.63, 3.8) is 0 Å². The molecule has 0 aliphatic carbocycles. The van der Waals surface area contributed by atoms with Crippen molar-refractivity contribution in [2.75, 3.05) is 25.6 Å². The first kappa shape index (κ1) is 17.7. The molecule has 0 saturated carbocycles. The summed E-state index contributed by atoms with van der Waals surface area (Å²) in [5.74, 6) is 0.296. The van der Waals surface area contributed by atoms with Gasteiger partial charge in [0.25, 0.3) is 0 Å². The summed E-state index contributed by atoms with van der Waals surface area (Å²) < 4.78 is 12.3. The van der Waals surface area contributed by atoms with Crippen molar-refractivity contribution in [2.24, 2.45) is 0 Å². The molecule has 0 atom stereocenters. The Morgan fingerprint density at radius 1 is 1.19 bits per heavy atom. The normalized spacial score (nSPS) is 10.7. The Kier molecular flexibility index (Phi) is 5.68. The van der Waals surface area contributed by atoms with E-state index >= 15 is 0 Å². The van der Waals surface area contributed by atoms with Crippen molar-refractivity contribution in [3.05, 3.63) is 48.4 Å². The Hall–Kier alpha value is -3.09. The standard InChI is InChI=1S/C19H22N4O3/c1-3-26-19(24)14-5-7-15(8-6-14)20-10-4-11-23-12-9-16-17(23)21-13-22-18(16)25-2/h5-9,12-13,20H,3-4,10-11H2,1-2H3. The first-order chi connectivity index (χ1) is 12.7. The number of methoxy groups -OCH3 is 1. The van der Waals surface area contributed by atoms with Crippen LogP contribution in [0.4, 0.5) is 5.69 Å². The van der Waals surface area contributed by atoms with Gasteiger partial charge in [-0.1, -0.05) is 0 Å². The summed E-state index contributed by atoms with van der Waals surface area (Å²) in [4.78, 5) is 20.1. The fourth-order valence-corrected chi connectivity index (χ4v) is 2.74. The molecule has 0 amide bonds. The number of aryl methyl sites for hydroxylation is 1. The van der Waals surface area contributed by atoms with E-state index in [1.165, 1.54) is 6.33 Å². The van der Waals surface area contributed by atoms with Gasteiger partial charge in [0.1, 0.15) is 12.0 Å². The van der Waals surface area contributed by atoms with Crippen LogP contribution in [0.3, 0.4) is 0 Å². The van der Waals surface area contributed by atoms with Crippen molar-refractivity contribution in [2.45, 2.75) is 19.9 Å². The molecule has 0 fully saturated rings. The van der Waals surface area contributed by atoms with E-state index in [9.17, 15) is 4.79 Å². The number of hydrogen-bond acceptors (Lipinski definition) is 6. The lowest BCUT2D eigenvalue weighted by atomic mass is 10.2. The van der Waals surface area contributed by atoms with E-state index in [0.717, 1.165) is 36.2 Å². The van der Waals surface area contributed by atoms with Crippen molar-refractivity contribution < 1.29 is 14.3 Å². The largest absolute Gasteiger partial charge is 0.480 e. The molecule has 3 aromatic rings. The first-order valence-corrected chi connectivity index (χ1v) is 8.57. The maximum Gasteiger partial charge on any atom is 0.338 e. The van der Waals surface area contributed by atoms with Gasteiger partial charge in [-0.2, -0.15) is 0 Å². The first-order valence-electron chi connectivity index (χ1n) is 8.57. The highest BCUT2D eigenvalue weighted by molar-refractivity contribution is 5.89. The summed E-state index contributed by atoms with van der Waals surface area (Å²) in [6.45, 7) is 3.81. The minimum absolute atomic E-state index is 0.295. The van der Waals surface area contributed by atoms with Gasteiger partial charge in [-0.3, -0.25) is 0 Å². The second-order valence-electron chi connectivity index (χ2n) is 5.71. The average molecular weight is 354 g/mol. The molecule has 0 unspecified atom stereocenters. The van der Waals surface area contributed by atoms with Crippen LogP contribution in [0.15, 0.2) is 42.9 Å². The van der Waals surface area contributed by atoms with Crippen LogP contribution in [0.5, 0.6) is 5.88 Å². The van der Waals surface area contributed by atoms with Gasteiger partial charge in [0.15, 0.2) is 0 Å². The Morgan fingerprint density at radius 2 is 2.00 bits per heavy atom. The smallest absolute Gasteiger partial charge is 0.338 e. The molecule has 136 valence electrons. The van der Waals surface area contributed by atoms with E-state index in [2.05, 4.69) is 19.9 Å². The second-order valence-corrected chi connectivity index (χ2v) is 5.71. The van der Waals surface area contributed by atoms with Gasteiger partial charge in [0.05, 0.1) is 24.7 Å². The van der Waals surface area contributed by atoms with Crippen molar-refractivity contribution in [1.29, 1.82) is 0 Å². The third-order valence-electron chi connectivity index (χ3n) is 4.01. The molecular weight excluding hydrogens is 332 g/mol. The highest BCUT2D eigenvalue weighted by atomic mass is 16.5. The summed E-state index contributed by atoms with van der Waals surface area (Å²) in [7, 11) is 1.61. The predicted octanol–water partition coefficient (Wildman–Crippen LogP) is 3.12. The number of aromatic nitrogens is 3. The molecule has 2 aromatic heterocycles. The van der Waals surface area contributed by atoms with Crippen LogP contribution in [0.2, 0.25) is 0 Å².